The molecule has 0 unspecified atom stereocenters. The van der Waals surface area contributed by atoms with Gasteiger partial charge in [-0.25, -0.2) is 9.97 Å². The smallest absolute Gasteiger partial charge is 0.545 e. The van der Waals surface area contributed by atoms with Gasteiger partial charge in [0.05, 0.1) is 34.0 Å². The Balaban J connectivity index is 0.00000121. The number of aromatic nitrogens is 2. The molecule has 0 radical (unpaired) electrons. The summed E-state index contributed by atoms with van der Waals surface area (Å²) in [4.78, 5) is 30.5. The van der Waals surface area contributed by atoms with E-state index in [-0.39, 0.29) is 81.3 Å². The number of hydrogen-bond acceptors (Lipinski definition) is 6. The number of nitrogens with zero attached hydrogens (tertiary/aromatic N) is 2. The van der Waals surface area contributed by atoms with Gasteiger partial charge in [-0.05, 0) is 12.1 Å². The number of carbonyl (C=O) groups excluding carboxylic acids is 2. The van der Waals surface area contributed by atoms with Gasteiger partial charge in [0.2, 0.25) is 0 Å². The molecule has 0 N–H and O–H groups in total. The Hall–Kier alpha value is -1.02. The molecule has 1 heterocycles. The summed E-state index contributed by atoms with van der Waals surface area (Å²) in [6, 6.07) is 8.91. The van der Waals surface area contributed by atoms with E-state index in [0.29, 0.717) is 11.0 Å². The number of benzene rings is 2. The first-order chi connectivity index (χ1) is 9.58. The molecule has 0 spiro atoms. The third-order valence-electron chi connectivity index (χ3n) is 2.93. The van der Waals surface area contributed by atoms with Gasteiger partial charge >= 0.3 is 59.1 Å². The summed E-state index contributed by atoms with van der Waals surface area (Å²) in [6.45, 7) is 0. The zero-order chi connectivity index (χ0) is 14.3. The van der Waals surface area contributed by atoms with Crippen LogP contribution in [0.4, 0.5) is 0 Å². The van der Waals surface area contributed by atoms with Crippen LogP contribution in [0.5, 0.6) is 0 Å². The van der Waals surface area contributed by atoms with E-state index in [2.05, 4.69) is 9.97 Å². The quantitative estimate of drug-likeness (QED) is 0.344. The third-order valence-corrected chi connectivity index (χ3v) is 2.93. The normalized spacial score (nSPS) is 9.82. The standard InChI is InChI=1S/C14H8N2O4.2Na/c17-13(18)7-3-1-5-9-11(7)16-12-8(14(19)20)4-2-6-10(12)15-9;;/h1-6H,(H,17,18)(H,19,20);;/q;2*+1/p-2. The monoisotopic (exact) mass is 312 g/mol. The molecule has 8 heteroatoms. The Bertz CT molecular complexity index is 814. The average molecular weight is 312 g/mol. The second-order valence-corrected chi connectivity index (χ2v) is 4.15. The maximum Gasteiger partial charge on any atom is 1.00 e. The molecule has 1 aromatic heterocycles. The molecule has 3 aromatic rings. The first kappa shape index (κ1) is 19.0. The molecule has 0 aliphatic carbocycles. The topological polar surface area (TPSA) is 106 Å². The molecule has 98 valence electrons. The van der Waals surface area contributed by atoms with Crippen LogP contribution in [-0.4, -0.2) is 21.9 Å². The van der Waals surface area contributed by atoms with E-state index in [1.807, 2.05) is 0 Å². The van der Waals surface area contributed by atoms with Crippen molar-refractivity contribution in [3.63, 3.8) is 0 Å². The molecule has 0 amide bonds. The molecule has 0 bridgehead atoms. The number of para-hydroxylation sites is 2. The number of aromatic carboxylic acids is 2. The van der Waals surface area contributed by atoms with E-state index in [9.17, 15) is 19.8 Å². The van der Waals surface area contributed by atoms with Crippen molar-refractivity contribution < 1.29 is 78.9 Å². The minimum absolute atomic E-state index is 0. The van der Waals surface area contributed by atoms with Crippen LogP contribution < -0.4 is 69.3 Å². The Morgan fingerprint density at radius 1 is 0.727 bits per heavy atom. The predicted octanol–water partition coefficient (Wildman–Crippen LogP) is -6.48. The fraction of sp³-hybridized carbons (Fsp3) is 0. The van der Waals surface area contributed by atoms with Gasteiger partial charge in [0, 0.05) is 11.1 Å². The SMILES string of the molecule is O=C([O-])c1cccc2nc3cccc(C(=O)[O-])c3nc12.[Na+].[Na+]. The number of carboxylic acids is 2. The molecule has 0 aliphatic heterocycles. The van der Waals surface area contributed by atoms with Crippen LogP contribution >= 0.6 is 0 Å². The van der Waals surface area contributed by atoms with E-state index < -0.39 is 11.9 Å². The molecule has 6 nitrogen and oxygen atoms in total. The van der Waals surface area contributed by atoms with Crippen LogP contribution in [0.2, 0.25) is 0 Å². The van der Waals surface area contributed by atoms with Crippen molar-refractivity contribution in [2.45, 2.75) is 0 Å². The Morgan fingerprint density at radius 2 is 1.14 bits per heavy atom. The number of carboxylic acid groups (broad SMARTS) is 2. The average Bonchev–Trinajstić information content (AvgIpc) is 2.43. The zero-order valence-electron chi connectivity index (χ0n) is 12.0. The second kappa shape index (κ2) is 7.50. The van der Waals surface area contributed by atoms with Crippen molar-refractivity contribution in [2.75, 3.05) is 0 Å². The molecule has 0 fully saturated rings. The number of rotatable bonds is 2. The van der Waals surface area contributed by atoms with Gasteiger partial charge in [-0.2, -0.15) is 0 Å². The van der Waals surface area contributed by atoms with Gasteiger partial charge in [0.1, 0.15) is 0 Å². The van der Waals surface area contributed by atoms with E-state index in [0.717, 1.165) is 0 Å². The molecule has 22 heavy (non-hydrogen) atoms. The van der Waals surface area contributed by atoms with Crippen LogP contribution in [0.3, 0.4) is 0 Å². The fourth-order valence-corrected chi connectivity index (χ4v) is 2.05. The second-order valence-electron chi connectivity index (χ2n) is 4.15. The van der Waals surface area contributed by atoms with E-state index in [1.54, 1.807) is 12.1 Å². The van der Waals surface area contributed by atoms with E-state index in [1.165, 1.54) is 24.3 Å². The molecule has 0 atom stereocenters. The minimum atomic E-state index is -1.39. The molecule has 3 rings (SSSR count). The molecular formula is C14H6N2Na2O4. The molecule has 0 aliphatic rings. The van der Waals surface area contributed by atoms with Gasteiger partial charge in [0.15, 0.2) is 0 Å². The van der Waals surface area contributed by atoms with Crippen molar-refractivity contribution in [3.05, 3.63) is 47.5 Å². The molecule has 0 saturated heterocycles. The zero-order valence-corrected chi connectivity index (χ0v) is 16.0. The largest absolute Gasteiger partial charge is 1.00 e. The summed E-state index contributed by atoms with van der Waals surface area (Å²) in [6.07, 6.45) is 0. The summed E-state index contributed by atoms with van der Waals surface area (Å²) in [5, 5.41) is 22.1. The summed E-state index contributed by atoms with van der Waals surface area (Å²) < 4.78 is 0. The maximum absolute atomic E-state index is 11.1. The van der Waals surface area contributed by atoms with Crippen molar-refractivity contribution in [1.29, 1.82) is 0 Å². The van der Waals surface area contributed by atoms with E-state index >= 15 is 0 Å². The molecule has 2 aromatic carbocycles. The summed E-state index contributed by atoms with van der Waals surface area (Å²) in [5.74, 6) is -2.79. The van der Waals surface area contributed by atoms with Gasteiger partial charge in [-0.15, -0.1) is 0 Å². The van der Waals surface area contributed by atoms with Crippen molar-refractivity contribution in [1.82, 2.24) is 9.97 Å². The summed E-state index contributed by atoms with van der Waals surface area (Å²) in [7, 11) is 0. The van der Waals surface area contributed by atoms with Crippen molar-refractivity contribution in [2.24, 2.45) is 0 Å². The third kappa shape index (κ3) is 3.32. The number of hydrogen-bond donors (Lipinski definition) is 0. The van der Waals surface area contributed by atoms with Crippen LogP contribution in [0.1, 0.15) is 20.7 Å². The number of fused-ring (bicyclic) bond motifs is 2. The number of carbonyl (C=O) groups is 2. The minimum Gasteiger partial charge on any atom is -0.545 e. The molecular weight excluding hydrogens is 306 g/mol. The van der Waals surface area contributed by atoms with Gasteiger partial charge < -0.3 is 19.8 Å². The van der Waals surface area contributed by atoms with E-state index in [4.69, 9.17) is 0 Å². The summed E-state index contributed by atoms with van der Waals surface area (Å²) >= 11 is 0. The summed E-state index contributed by atoms with van der Waals surface area (Å²) in [5.41, 5.74) is 0.627. The Morgan fingerprint density at radius 3 is 1.50 bits per heavy atom. The Labute approximate surface area is 169 Å². The van der Waals surface area contributed by atoms with Gasteiger partial charge in [0.25, 0.3) is 0 Å². The Kier molecular flexibility index (Phi) is 6.49. The van der Waals surface area contributed by atoms with Gasteiger partial charge in [-0.1, -0.05) is 24.3 Å². The molecule has 0 saturated carbocycles. The fourth-order valence-electron chi connectivity index (χ4n) is 2.05. The van der Waals surface area contributed by atoms with Crippen molar-refractivity contribution >= 4 is 34.0 Å². The first-order valence-electron chi connectivity index (χ1n) is 5.70. The first-order valence-corrected chi connectivity index (χ1v) is 5.70. The van der Waals surface area contributed by atoms with Crippen LogP contribution in [0.25, 0.3) is 22.1 Å². The van der Waals surface area contributed by atoms with Crippen LogP contribution in [-0.2, 0) is 0 Å². The van der Waals surface area contributed by atoms with Crippen LogP contribution in [0.15, 0.2) is 36.4 Å². The maximum atomic E-state index is 11.1. The van der Waals surface area contributed by atoms with Gasteiger partial charge in [-0.3, -0.25) is 0 Å². The van der Waals surface area contributed by atoms with Crippen molar-refractivity contribution in [3.8, 4) is 0 Å². The predicted molar refractivity (Wildman–Crippen MR) is 65.7 cm³/mol. The van der Waals surface area contributed by atoms with Crippen LogP contribution in [0, 0.1) is 0 Å².